The maximum absolute atomic E-state index is 13.2. The molecule has 3 rings (SSSR count). The Morgan fingerprint density at radius 1 is 0.477 bits per heavy atom. The maximum Gasteiger partial charge on any atom is 0.305 e. The number of hydrogen-bond acceptors (Lipinski definition) is 7. The van der Waals surface area contributed by atoms with Crippen LogP contribution in [0.15, 0.2) is 36.4 Å². The van der Waals surface area contributed by atoms with Gasteiger partial charge in [0.1, 0.15) is 11.5 Å². The summed E-state index contributed by atoms with van der Waals surface area (Å²) in [5, 5.41) is 0. The van der Waals surface area contributed by atoms with Crippen molar-refractivity contribution < 1.29 is 33.3 Å². The van der Waals surface area contributed by atoms with Crippen LogP contribution in [-0.4, -0.2) is 45.2 Å². The third-order valence-electron chi connectivity index (χ3n) is 8.30. The van der Waals surface area contributed by atoms with Crippen molar-refractivity contribution in [2.45, 2.75) is 116 Å². The largest absolute Gasteiger partial charge is 0.494 e. The van der Waals surface area contributed by atoms with Gasteiger partial charge in [-0.05, 0) is 73.2 Å². The zero-order chi connectivity index (χ0) is 31.4. The first-order valence-corrected chi connectivity index (χ1v) is 16.8. The second-order valence-electron chi connectivity index (χ2n) is 11.7. The van der Waals surface area contributed by atoms with Crippen molar-refractivity contribution in [2.75, 3.05) is 27.4 Å². The lowest BCUT2D eigenvalue weighted by Crippen LogP contribution is -2.01. The van der Waals surface area contributed by atoms with Crippen LogP contribution in [0, 0.1) is 0 Å². The Hall–Kier alpha value is -3.35. The van der Waals surface area contributed by atoms with Crippen LogP contribution in [0.5, 0.6) is 11.5 Å². The van der Waals surface area contributed by atoms with E-state index < -0.39 is 0 Å². The van der Waals surface area contributed by atoms with E-state index in [9.17, 15) is 14.4 Å². The SMILES string of the molecule is COC(=O)CCCCCCCCCCOc1ccc2c(c1)C(=O)c1cc(OCCCCCCCCCCC(=O)OC)ccc1-2. The minimum absolute atomic E-state index is 0.0315. The Labute approximate surface area is 264 Å². The van der Waals surface area contributed by atoms with Gasteiger partial charge in [0, 0.05) is 24.0 Å². The van der Waals surface area contributed by atoms with Crippen LogP contribution in [0.4, 0.5) is 0 Å². The summed E-state index contributed by atoms with van der Waals surface area (Å²) in [5.74, 6) is 1.28. The Kier molecular flexibility index (Phi) is 16.4. The summed E-state index contributed by atoms with van der Waals surface area (Å²) >= 11 is 0. The van der Waals surface area contributed by atoms with Gasteiger partial charge < -0.3 is 18.9 Å². The number of ketones is 1. The van der Waals surface area contributed by atoms with E-state index in [1.54, 1.807) is 0 Å². The van der Waals surface area contributed by atoms with Gasteiger partial charge in [-0.2, -0.15) is 0 Å². The lowest BCUT2D eigenvalue weighted by atomic mass is 10.1. The molecule has 7 nitrogen and oxygen atoms in total. The molecule has 0 fully saturated rings. The summed E-state index contributed by atoms with van der Waals surface area (Å²) in [7, 11) is 2.88. The average molecular weight is 609 g/mol. The Morgan fingerprint density at radius 2 is 0.818 bits per heavy atom. The highest BCUT2D eigenvalue weighted by atomic mass is 16.5. The molecule has 0 N–H and O–H groups in total. The molecular formula is C37H52O7. The molecular weight excluding hydrogens is 556 g/mol. The average Bonchev–Trinajstić information content (AvgIpc) is 3.32. The predicted molar refractivity (Wildman–Crippen MR) is 173 cm³/mol. The number of carbonyl (C=O) groups excluding carboxylic acids is 3. The van der Waals surface area contributed by atoms with E-state index in [4.69, 9.17) is 9.47 Å². The first kappa shape index (κ1) is 35.1. The van der Waals surface area contributed by atoms with E-state index in [0.29, 0.717) is 37.2 Å². The molecule has 0 heterocycles. The topological polar surface area (TPSA) is 88.1 Å². The minimum Gasteiger partial charge on any atom is -0.494 e. The van der Waals surface area contributed by atoms with Crippen molar-refractivity contribution in [2.24, 2.45) is 0 Å². The molecule has 0 radical (unpaired) electrons. The van der Waals surface area contributed by atoms with Gasteiger partial charge in [0.2, 0.25) is 0 Å². The number of esters is 2. The van der Waals surface area contributed by atoms with Crippen LogP contribution < -0.4 is 9.47 Å². The molecule has 242 valence electrons. The fraction of sp³-hybridized carbons (Fsp3) is 0.595. The molecule has 0 unspecified atom stereocenters. The van der Waals surface area contributed by atoms with Gasteiger partial charge in [-0.25, -0.2) is 0 Å². The van der Waals surface area contributed by atoms with E-state index in [1.165, 1.54) is 52.7 Å². The number of benzene rings is 2. The first-order chi connectivity index (χ1) is 21.5. The number of ether oxygens (including phenoxy) is 4. The van der Waals surface area contributed by atoms with Gasteiger partial charge in [-0.15, -0.1) is 0 Å². The number of rotatable bonds is 24. The van der Waals surface area contributed by atoms with Crippen molar-refractivity contribution in [1.82, 2.24) is 0 Å². The zero-order valence-corrected chi connectivity index (χ0v) is 27.0. The summed E-state index contributed by atoms with van der Waals surface area (Å²) in [6, 6.07) is 11.7. The molecule has 1 aliphatic rings. The maximum atomic E-state index is 13.2. The number of hydrogen-bond donors (Lipinski definition) is 0. The van der Waals surface area contributed by atoms with Crippen molar-refractivity contribution in [3.8, 4) is 22.6 Å². The fourth-order valence-electron chi connectivity index (χ4n) is 5.67. The first-order valence-electron chi connectivity index (χ1n) is 16.8. The molecule has 0 aliphatic heterocycles. The Bertz CT molecular complexity index is 1080. The highest BCUT2D eigenvalue weighted by Gasteiger charge is 2.27. The molecule has 0 atom stereocenters. The molecule has 0 bridgehead atoms. The van der Waals surface area contributed by atoms with Crippen LogP contribution in [0.2, 0.25) is 0 Å². The molecule has 7 heteroatoms. The highest BCUT2D eigenvalue weighted by molar-refractivity contribution is 6.22. The molecule has 2 aromatic rings. The number of unbranched alkanes of at least 4 members (excludes halogenated alkanes) is 14. The molecule has 0 amide bonds. The molecule has 44 heavy (non-hydrogen) atoms. The summed E-state index contributed by atoms with van der Waals surface area (Å²) in [4.78, 5) is 35.5. The summed E-state index contributed by atoms with van der Waals surface area (Å²) < 4.78 is 21.3. The lowest BCUT2D eigenvalue weighted by molar-refractivity contribution is -0.141. The third kappa shape index (κ3) is 12.3. The summed E-state index contributed by atoms with van der Waals surface area (Å²) in [6.45, 7) is 1.29. The second kappa shape index (κ2) is 20.6. The van der Waals surface area contributed by atoms with E-state index in [-0.39, 0.29) is 17.7 Å². The molecule has 0 saturated carbocycles. The van der Waals surface area contributed by atoms with Gasteiger partial charge >= 0.3 is 11.9 Å². The zero-order valence-electron chi connectivity index (χ0n) is 27.0. The standard InChI is InChI=1S/C37H52O7/c1-41-35(38)19-15-11-7-3-5-9-13-17-25-43-29-21-23-31-32-24-22-30(28-34(32)37(40)33(31)27-29)44-26-18-14-10-6-4-8-12-16-20-36(39)42-2/h21-24,27-28H,3-20,25-26H2,1-2H3. The van der Waals surface area contributed by atoms with Crippen molar-refractivity contribution >= 4 is 17.7 Å². The normalized spacial score (nSPS) is 11.6. The molecule has 1 aliphatic carbocycles. The van der Waals surface area contributed by atoms with Crippen molar-refractivity contribution in [1.29, 1.82) is 0 Å². The molecule has 0 aromatic heterocycles. The van der Waals surface area contributed by atoms with Crippen molar-refractivity contribution in [3.63, 3.8) is 0 Å². The smallest absolute Gasteiger partial charge is 0.305 e. The van der Waals surface area contributed by atoms with Gasteiger partial charge in [-0.1, -0.05) is 77.0 Å². The highest BCUT2D eigenvalue weighted by Crippen LogP contribution is 2.40. The van der Waals surface area contributed by atoms with E-state index in [1.807, 2.05) is 36.4 Å². The number of methoxy groups -OCH3 is 2. The minimum atomic E-state index is -0.117. The summed E-state index contributed by atoms with van der Waals surface area (Å²) in [6.07, 6.45) is 18.8. The Morgan fingerprint density at radius 3 is 1.18 bits per heavy atom. The van der Waals surface area contributed by atoms with E-state index in [2.05, 4.69) is 9.47 Å². The van der Waals surface area contributed by atoms with Crippen LogP contribution in [-0.2, 0) is 19.1 Å². The van der Waals surface area contributed by atoms with Crippen molar-refractivity contribution in [3.05, 3.63) is 47.5 Å². The summed E-state index contributed by atoms with van der Waals surface area (Å²) in [5.41, 5.74) is 3.32. The van der Waals surface area contributed by atoms with Crippen LogP contribution in [0.25, 0.3) is 11.1 Å². The van der Waals surface area contributed by atoms with Crippen LogP contribution in [0.1, 0.15) is 131 Å². The van der Waals surface area contributed by atoms with E-state index in [0.717, 1.165) is 86.8 Å². The van der Waals surface area contributed by atoms with Gasteiger partial charge in [0.05, 0.1) is 27.4 Å². The number of fused-ring (bicyclic) bond motifs is 3. The molecule has 0 saturated heterocycles. The predicted octanol–water partition coefficient (Wildman–Crippen LogP) is 9.02. The third-order valence-corrected chi connectivity index (χ3v) is 8.30. The quantitative estimate of drug-likeness (QED) is 0.0740. The number of carbonyl (C=O) groups is 3. The van der Waals surface area contributed by atoms with Gasteiger partial charge in [0.15, 0.2) is 5.78 Å². The Balaban J connectivity index is 1.27. The monoisotopic (exact) mass is 608 g/mol. The molecule has 2 aromatic carbocycles. The van der Waals surface area contributed by atoms with Gasteiger partial charge in [0.25, 0.3) is 0 Å². The van der Waals surface area contributed by atoms with Gasteiger partial charge in [-0.3, -0.25) is 14.4 Å². The fourth-order valence-corrected chi connectivity index (χ4v) is 5.67. The van der Waals surface area contributed by atoms with Crippen LogP contribution in [0.3, 0.4) is 0 Å². The van der Waals surface area contributed by atoms with Crippen LogP contribution >= 0.6 is 0 Å². The molecule has 0 spiro atoms. The lowest BCUT2D eigenvalue weighted by Gasteiger charge is -2.08. The second-order valence-corrected chi connectivity index (χ2v) is 11.7. The van der Waals surface area contributed by atoms with E-state index >= 15 is 0 Å².